The Hall–Kier alpha value is -4.60. The van der Waals surface area contributed by atoms with E-state index in [0.29, 0.717) is 32.5 Å². The molecule has 0 amide bonds. The van der Waals surface area contributed by atoms with Crippen molar-refractivity contribution in [2.75, 3.05) is 14.2 Å². The number of benzene rings is 4. The summed E-state index contributed by atoms with van der Waals surface area (Å²) >= 11 is 0. The van der Waals surface area contributed by atoms with Crippen LogP contribution in [0.3, 0.4) is 0 Å². The number of ketones is 1. The standard InChI is InChI=1S/C53H70O7Si/c1-41(38-54)27-36-52(59-40-45-30-34-47(57-8)35-31-45)43(3)51(55)37-48(58-39-44-28-32-46(56-7)33-29-44)22-16-12-10-9-11-15-21-42(2)60-61(53(4,5)6,49-23-17-13-18-24-49)50-25-19-14-20-26-50/h9-14,17-20,23-26,28-35,38,41-43,48,52H,15-16,21-22,27,36-37,39-40H2,1-8H3/b11-9-,12-10+/t41-,42-,43+,48-,52-/m0/s1. The van der Waals surface area contributed by atoms with Crippen LogP contribution in [0.25, 0.3) is 0 Å². The average Bonchev–Trinajstić information content (AvgIpc) is 3.28. The van der Waals surface area contributed by atoms with Gasteiger partial charge in [0.2, 0.25) is 0 Å². The molecular weight excluding hydrogens is 777 g/mol. The summed E-state index contributed by atoms with van der Waals surface area (Å²) in [7, 11) is 0.687. The number of allylic oxidation sites excluding steroid dienone is 4. The highest BCUT2D eigenvalue weighted by atomic mass is 28.4. The van der Waals surface area contributed by atoms with Crippen molar-refractivity contribution in [2.24, 2.45) is 11.8 Å². The van der Waals surface area contributed by atoms with E-state index in [4.69, 9.17) is 23.4 Å². The van der Waals surface area contributed by atoms with Crippen LogP contribution in [-0.4, -0.2) is 52.9 Å². The summed E-state index contributed by atoms with van der Waals surface area (Å²) in [6.07, 6.45) is 13.8. The van der Waals surface area contributed by atoms with Gasteiger partial charge in [0.15, 0.2) is 0 Å². The van der Waals surface area contributed by atoms with Gasteiger partial charge >= 0.3 is 0 Å². The SMILES string of the molecule is COc1ccc(CO[C@@H](CC/C=C/C=C\CC[C@H](C)O[Si](c2ccccc2)(c2ccccc2)C(C)(C)C)CC(=O)[C@@H](C)[C@H](CC[C@H](C)C=O)OCc2ccc(OC)cc2)cc1. The maximum Gasteiger partial charge on any atom is 0.261 e. The Morgan fingerprint density at radius 1 is 0.639 bits per heavy atom. The van der Waals surface area contributed by atoms with Crippen LogP contribution in [0.1, 0.15) is 97.6 Å². The number of hydrogen-bond donors (Lipinski definition) is 0. The second-order valence-electron chi connectivity index (χ2n) is 17.2. The third-order valence-corrected chi connectivity index (χ3v) is 16.6. The van der Waals surface area contributed by atoms with Crippen molar-refractivity contribution in [1.29, 1.82) is 0 Å². The minimum Gasteiger partial charge on any atom is -0.497 e. The largest absolute Gasteiger partial charge is 0.497 e. The van der Waals surface area contributed by atoms with Crippen LogP contribution in [0.5, 0.6) is 11.5 Å². The summed E-state index contributed by atoms with van der Waals surface area (Å²) in [5.41, 5.74) is 2.01. The van der Waals surface area contributed by atoms with Crippen LogP contribution in [0.4, 0.5) is 0 Å². The molecule has 0 aliphatic carbocycles. The zero-order valence-electron chi connectivity index (χ0n) is 37.9. The number of methoxy groups -OCH3 is 2. The number of ether oxygens (including phenoxy) is 4. The molecule has 0 saturated carbocycles. The van der Waals surface area contributed by atoms with Gasteiger partial charge in [0.1, 0.15) is 23.6 Å². The Bertz CT molecular complexity index is 1860. The third-order valence-electron chi connectivity index (χ3n) is 11.5. The molecule has 0 heterocycles. The second-order valence-corrected chi connectivity index (χ2v) is 21.5. The van der Waals surface area contributed by atoms with E-state index in [1.54, 1.807) is 14.2 Å². The maximum atomic E-state index is 14.0. The number of rotatable bonds is 27. The van der Waals surface area contributed by atoms with E-state index in [1.807, 2.05) is 62.4 Å². The van der Waals surface area contributed by atoms with Crippen LogP contribution in [0, 0.1) is 11.8 Å². The number of aldehydes is 1. The molecule has 0 radical (unpaired) electrons. The Morgan fingerprint density at radius 2 is 1.13 bits per heavy atom. The van der Waals surface area contributed by atoms with E-state index in [0.717, 1.165) is 48.2 Å². The molecule has 61 heavy (non-hydrogen) atoms. The van der Waals surface area contributed by atoms with Crippen molar-refractivity contribution in [3.63, 3.8) is 0 Å². The summed E-state index contributed by atoms with van der Waals surface area (Å²) in [6, 6.07) is 37.2. The maximum absolute atomic E-state index is 14.0. The van der Waals surface area contributed by atoms with Crippen LogP contribution in [0.15, 0.2) is 133 Å². The third kappa shape index (κ3) is 15.4. The molecule has 5 atom stereocenters. The molecule has 8 heteroatoms. The minimum atomic E-state index is -2.60. The molecule has 0 aliphatic heterocycles. The van der Waals surface area contributed by atoms with Gasteiger partial charge < -0.3 is 28.2 Å². The van der Waals surface area contributed by atoms with Crippen LogP contribution in [-0.2, 0) is 36.7 Å². The first-order valence-electron chi connectivity index (χ1n) is 22.0. The fourth-order valence-electron chi connectivity index (χ4n) is 7.71. The van der Waals surface area contributed by atoms with Gasteiger partial charge in [0, 0.05) is 24.4 Å². The van der Waals surface area contributed by atoms with E-state index in [2.05, 4.69) is 113 Å². The van der Waals surface area contributed by atoms with E-state index in [1.165, 1.54) is 10.4 Å². The molecule has 4 aromatic rings. The summed E-state index contributed by atoms with van der Waals surface area (Å²) < 4.78 is 30.7. The number of hydrogen-bond acceptors (Lipinski definition) is 7. The Kier molecular flexibility index (Phi) is 20.4. The lowest BCUT2D eigenvalue weighted by molar-refractivity contribution is -0.131. The molecule has 0 spiro atoms. The molecule has 0 saturated heterocycles. The van der Waals surface area contributed by atoms with Gasteiger partial charge in [-0.25, -0.2) is 0 Å². The molecule has 0 N–H and O–H groups in total. The monoisotopic (exact) mass is 846 g/mol. The number of carbonyl (C=O) groups excluding carboxylic acids is 2. The summed E-state index contributed by atoms with van der Waals surface area (Å²) in [4.78, 5) is 25.4. The van der Waals surface area contributed by atoms with Crippen molar-refractivity contribution >= 4 is 30.8 Å². The summed E-state index contributed by atoms with van der Waals surface area (Å²) in [5.74, 6) is 1.18. The Labute approximate surface area is 367 Å². The van der Waals surface area contributed by atoms with Gasteiger partial charge in [-0.15, -0.1) is 0 Å². The molecule has 7 nitrogen and oxygen atoms in total. The molecule has 4 rings (SSSR count). The molecule has 0 aliphatic rings. The average molecular weight is 847 g/mol. The normalized spacial score (nSPS) is 14.7. The predicted molar refractivity (Wildman–Crippen MR) is 251 cm³/mol. The highest BCUT2D eigenvalue weighted by Gasteiger charge is 2.50. The fourth-order valence-corrected chi connectivity index (χ4v) is 12.4. The lowest BCUT2D eigenvalue weighted by Crippen LogP contribution is -2.67. The molecule has 0 aromatic heterocycles. The zero-order valence-corrected chi connectivity index (χ0v) is 38.9. The summed E-state index contributed by atoms with van der Waals surface area (Å²) in [5, 5.41) is 2.52. The van der Waals surface area contributed by atoms with Crippen molar-refractivity contribution in [1.82, 2.24) is 0 Å². The zero-order chi connectivity index (χ0) is 44.1. The molecule has 0 unspecified atom stereocenters. The molecular formula is C53H70O7Si. The highest BCUT2D eigenvalue weighted by molar-refractivity contribution is 6.99. The molecule has 0 fully saturated rings. The Morgan fingerprint density at radius 3 is 1.61 bits per heavy atom. The van der Waals surface area contributed by atoms with E-state index >= 15 is 0 Å². The molecule has 0 bridgehead atoms. The van der Waals surface area contributed by atoms with Crippen molar-refractivity contribution < 1.29 is 33.0 Å². The molecule has 328 valence electrons. The van der Waals surface area contributed by atoms with Crippen LogP contribution in [0.2, 0.25) is 5.04 Å². The smallest absolute Gasteiger partial charge is 0.261 e. The van der Waals surface area contributed by atoms with Crippen LogP contribution >= 0.6 is 0 Å². The highest BCUT2D eigenvalue weighted by Crippen LogP contribution is 2.38. The topological polar surface area (TPSA) is 80.3 Å². The summed E-state index contributed by atoms with van der Waals surface area (Å²) in [6.45, 7) is 13.8. The predicted octanol–water partition coefficient (Wildman–Crippen LogP) is 11.0. The first-order valence-corrected chi connectivity index (χ1v) is 23.9. The number of carbonyl (C=O) groups is 2. The van der Waals surface area contributed by atoms with Gasteiger partial charge in [0.25, 0.3) is 8.32 Å². The van der Waals surface area contributed by atoms with Crippen molar-refractivity contribution in [3.8, 4) is 11.5 Å². The fraction of sp³-hybridized carbons (Fsp3) is 0.434. The second kappa shape index (κ2) is 25.4. The van der Waals surface area contributed by atoms with Crippen molar-refractivity contribution in [3.05, 3.63) is 145 Å². The molecule has 4 aromatic carbocycles. The van der Waals surface area contributed by atoms with Gasteiger partial charge in [-0.1, -0.05) is 144 Å². The quantitative estimate of drug-likeness (QED) is 0.0336. The lowest BCUT2D eigenvalue weighted by atomic mass is 9.90. The van der Waals surface area contributed by atoms with Crippen molar-refractivity contribution in [2.45, 2.75) is 123 Å². The van der Waals surface area contributed by atoms with Gasteiger partial charge in [0.05, 0.1) is 39.6 Å². The Balaban J connectivity index is 1.37. The first-order chi connectivity index (χ1) is 29.4. The minimum absolute atomic E-state index is 0.0649. The van der Waals surface area contributed by atoms with Gasteiger partial charge in [-0.2, -0.15) is 0 Å². The first kappa shape index (κ1) is 49.1. The van der Waals surface area contributed by atoms with E-state index in [9.17, 15) is 9.59 Å². The number of Topliss-reactive ketones (excluding diaryl/α,β-unsaturated/α-hetero) is 1. The van der Waals surface area contributed by atoms with Crippen LogP contribution < -0.4 is 19.8 Å². The van der Waals surface area contributed by atoms with Gasteiger partial charge in [-0.3, -0.25) is 4.79 Å². The lowest BCUT2D eigenvalue weighted by Gasteiger charge is -2.44. The van der Waals surface area contributed by atoms with E-state index < -0.39 is 8.32 Å². The van der Waals surface area contributed by atoms with E-state index in [-0.39, 0.29) is 47.4 Å². The van der Waals surface area contributed by atoms with Gasteiger partial charge in [-0.05, 0) is 96.3 Å².